The van der Waals surface area contributed by atoms with Crippen LogP contribution in [-0.4, -0.2) is 29.7 Å². The second-order valence-corrected chi connectivity index (χ2v) is 12.1. The van der Waals surface area contributed by atoms with E-state index >= 15 is 0 Å². The number of rotatable bonds is 12. The lowest BCUT2D eigenvalue weighted by Crippen LogP contribution is -2.32. The summed E-state index contributed by atoms with van der Waals surface area (Å²) in [5.74, 6) is -2.74. The molecule has 3 atom stereocenters. The monoisotopic (exact) mass is 571 g/mol. The highest BCUT2D eigenvalue weighted by Gasteiger charge is 2.39. The van der Waals surface area contributed by atoms with E-state index in [0.717, 1.165) is 22.3 Å². The van der Waals surface area contributed by atoms with E-state index in [1.165, 1.54) is 0 Å². The largest absolute Gasteiger partial charge is 0.466 e. The predicted molar refractivity (Wildman–Crippen MR) is 159 cm³/mol. The second-order valence-electron chi connectivity index (χ2n) is 9.67. The quantitative estimate of drug-likeness (QED) is 0.141. The molecule has 0 saturated carbocycles. The molecule has 0 saturated heterocycles. The molecule has 0 radical (unpaired) electrons. The summed E-state index contributed by atoms with van der Waals surface area (Å²) >= 11 is 0. The van der Waals surface area contributed by atoms with Gasteiger partial charge in [-0.15, -0.1) is 0 Å². The Hall–Kier alpha value is -4.19. The minimum absolute atomic E-state index is 0.00827. The van der Waals surface area contributed by atoms with E-state index in [1.807, 2.05) is 84.9 Å². The zero-order valence-electron chi connectivity index (χ0n) is 22.9. The number of benzene rings is 4. The number of ether oxygens (including phenoxy) is 2. The number of carbonyl (C=O) groups excluding carboxylic acids is 2. The van der Waals surface area contributed by atoms with Crippen LogP contribution < -0.4 is 5.32 Å². The number of carbonyl (C=O) groups is 2. The zero-order chi connectivity index (χ0) is 29.1. The van der Waals surface area contributed by atoms with Crippen LogP contribution in [0.1, 0.15) is 29.4 Å². The Morgan fingerprint density at radius 2 is 1.32 bits per heavy atom. The summed E-state index contributed by atoms with van der Waals surface area (Å²) in [6, 6.07) is 35.3. The van der Waals surface area contributed by atoms with Gasteiger partial charge in [0.2, 0.25) is 7.37 Å². The first-order valence-electron chi connectivity index (χ1n) is 13.5. The fraction of sp³-hybridized carbons (Fsp3) is 0.212. The smallest absolute Gasteiger partial charge is 0.408 e. The van der Waals surface area contributed by atoms with Crippen molar-refractivity contribution >= 4 is 19.4 Å². The van der Waals surface area contributed by atoms with E-state index in [4.69, 9.17) is 9.47 Å². The molecular formula is C33H34NO6P. The summed E-state index contributed by atoms with van der Waals surface area (Å²) in [5.41, 5.74) is 4.14. The average molecular weight is 572 g/mol. The van der Waals surface area contributed by atoms with Crippen molar-refractivity contribution in [1.82, 2.24) is 5.32 Å². The van der Waals surface area contributed by atoms with Crippen LogP contribution >= 0.6 is 7.37 Å². The number of hydrogen-bond acceptors (Lipinski definition) is 5. The van der Waals surface area contributed by atoms with E-state index < -0.39 is 31.1 Å². The van der Waals surface area contributed by atoms with Crippen LogP contribution in [0.5, 0.6) is 0 Å². The summed E-state index contributed by atoms with van der Waals surface area (Å²) in [4.78, 5) is 37.1. The van der Waals surface area contributed by atoms with Crippen molar-refractivity contribution < 1.29 is 28.5 Å². The third kappa shape index (κ3) is 8.65. The molecule has 0 fully saturated rings. The van der Waals surface area contributed by atoms with Crippen molar-refractivity contribution in [3.63, 3.8) is 0 Å². The Bertz CT molecular complexity index is 1450. The van der Waals surface area contributed by atoms with E-state index in [0.29, 0.717) is 5.56 Å². The first-order chi connectivity index (χ1) is 19.9. The predicted octanol–water partition coefficient (Wildman–Crippen LogP) is 6.97. The number of amides is 1. The zero-order valence-corrected chi connectivity index (χ0v) is 23.8. The molecule has 1 amide bonds. The molecular weight excluding hydrogens is 537 g/mol. The van der Waals surface area contributed by atoms with Crippen molar-refractivity contribution in [3.05, 3.63) is 132 Å². The van der Waals surface area contributed by atoms with E-state index in [2.05, 4.69) is 5.32 Å². The molecule has 7 nitrogen and oxygen atoms in total. The normalized spacial score (nSPS) is 13.8. The minimum Gasteiger partial charge on any atom is -0.466 e. The number of nitrogens with one attached hydrogen (secondary N) is 1. The van der Waals surface area contributed by atoms with Crippen molar-refractivity contribution in [3.8, 4) is 11.1 Å². The van der Waals surface area contributed by atoms with Crippen LogP contribution in [0.4, 0.5) is 4.79 Å². The Balaban J connectivity index is 1.53. The van der Waals surface area contributed by atoms with Gasteiger partial charge in [0.05, 0.1) is 12.5 Å². The van der Waals surface area contributed by atoms with Gasteiger partial charge in [0.15, 0.2) is 0 Å². The second kappa shape index (κ2) is 14.4. The first-order valence-corrected chi connectivity index (χ1v) is 15.4. The number of hydrogen-bond donors (Lipinski definition) is 2. The van der Waals surface area contributed by atoms with Gasteiger partial charge in [-0.25, -0.2) is 4.79 Å². The summed E-state index contributed by atoms with van der Waals surface area (Å²) in [7, 11) is -4.21. The van der Waals surface area contributed by atoms with Crippen LogP contribution in [-0.2, 0) is 31.9 Å². The molecule has 0 aromatic heterocycles. The van der Waals surface area contributed by atoms with Crippen LogP contribution in [0, 0.1) is 5.92 Å². The molecule has 8 heteroatoms. The van der Waals surface area contributed by atoms with Gasteiger partial charge in [-0.3, -0.25) is 9.36 Å². The molecule has 0 aliphatic rings. The lowest BCUT2D eigenvalue weighted by molar-refractivity contribution is -0.147. The van der Waals surface area contributed by atoms with Gasteiger partial charge < -0.3 is 19.7 Å². The van der Waals surface area contributed by atoms with Crippen LogP contribution in [0.15, 0.2) is 115 Å². The Kier molecular flexibility index (Phi) is 10.5. The van der Waals surface area contributed by atoms with Crippen LogP contribution in [0.3, 0.4) is 0 Å². The molecule has 0 aliphatic heterocycles. The van der Waals surface area contributed by atoms with Crippen molar-refractivity contribution in [1.29, 1.82) is 0 Å². The molecule has 212 valence electrons. The van der Waals surface area contributed by atoms with E-state index in [-0.39, 0.29) is 25.8 Å². The lowest BCUT2D eigenvalue weighted by atomic mass is 9.98. The third-order valence-corrected chi connectivity index (χ3v) is 8.83. The third-order valence-electron chi connectivity index (χ3n) is 6.63. The fourth-order valence-corrected chi connectivity index (χ4v) is 6.65. The minimum atomic E-state index is -4.21. The molecule has 2 unspecified atom stereocenters. The molecule has 4 rings (SSSR count). The summed E-state index contributed by atoms with van der Waals surface area (Å²) in [6.45, 7) is 1.84. The van der Waals surface area contributed by atoms with Crippen LogP contribution in [0.2, 0.25) is 0 Å². The van der Waals surface area contributed by atoms with Gasteiger partial charge in [-0.05, 0) is 41.2 Å². The maximum atomic E-state index is 14.0. The number of esters is 1. The highest BCUT2D eigenvalue weighted by Crippen LogP contribution is 2.55. The van der Waals surface area contributed by atoms with Crippen molar-refractivity contribution in [2.45, 2.75) is 25.7 Å². The molecule has 4 aromatic carbocycles. The SMILES string of the molecule is CCOC(=O)C(Cc1ccc(-c2ccccc2)cc1)CP(=O)(O)[C@@H](NC(=O)OCc1ccccc1)c1ccccc1. The van der Waals surface area contributed by atoms with E-state index in [1.54, 1.807) is 37.3 Å². The molecule has 41 heavy (non-hydrogen) atoms. The van der Waals surface area contributed by atoms with E-state index in [9.17, 15) is 19.0 Å². The topological polar surface area (TPSA) is 102 Å². The maximum Gasteiger partial charge on any atom is 0.408 e. The van der Waals surface area contributed by atoms with Gasteiger partial charge in [-0.2, -0.15) is 0 Å². The summed E-state index contributed by atoms with van der Waals surface area (Å²) in [6.07, 6.45) is -1.01. The average Bonchev–Trinajstić information content (AvgIpc) is 3.00. The van der Waals surface area contributed by atoms with Gasteiger partial charge in [0.25, 0.3) is 0 Å². The Labute approximate surface area is 240 Å². The highest BCUT2D eigenvalue weighted by molar-refractivity contribution is 7.58. The summed E-state index contributed by atoms with van der Waals surface area (Å²) < 4.78 is 24.6. The molecule has 0 aliphatic carbocycles. The molecule has 0 heterocycles. The Morgan fingerprint density at radius 3 is 1.93 bits per heavy atom. The van der Waals surface area contributed by atoms with Crippen molar-refractivity contribution in [2.75, 3.05) is 12.8 Å². The van der Waals surface area contributed by atoms with Crippen LogP contribution in [0.25, 0.3) is 11.1 Å². The Morgan fingerprint density at radius 1 is 0.756 bits per heavy atom. The molecule has 2 N–H and O–H groups in total. The maximum absolute atomic E-state index is 14.0. The molecule has 0 spiro atoms. The first kappa shape index (κ1) is 29.8. The van der Waals surface area contributed by atoms with Crippen molar-refractivity contribution in [2.24, 2.45) is 5.92 Å². The van der Waals surface area contributed by atoms with Gasteiger partial charge in [-0.1, -0.05) is 115 Å². The standard InChI is InChI=1S/C33H34NO6P/c1-2-39-32(35)30(22-25-18-20-28(21-19-25)27-14-8-4-9-15-27)24-41(37,38)31(29-16-10-5-11-17-29)34-33(36)40-23-26-12-6-3-7-13-26/h3-21,30-31H,2,22-24H2,1H3,(H,34,36)(H,37,38)/t30?,31-/m1/s1. The summed E-state index contributed by atoms with van der Waals surface area (Å²) in [5, 5.41) is 2.58. The lowest BCUT2D eigenvalue weighted by Gasteiger charge is -2.27. The highest BCUT2D eigenvalue weighted by atomic mass is 31.2. The fourth-order valence-electron chi connectivity index (χ4n) is 4.58. The van der Waals surface area contributed by atoms with Gasteiger partial charge in [0.1, 0.15) is 12.4 Å². The van der Waals surface area contributed by atoms with Gasteiger partial charge in [0, 0.05) is 6.16 Å². The number of alkyl carbamates (subject to hydrolysis) is 1. The van der Waals surface area contributed by atoms with Gasteiger partial charge >= 0.3 is 12.1 Å². The molecule has 0 bridgehead atoms. The molecule has 4 aromatic rings.